The van der Waals surface area contributed by atoms with Gasteiger partial charge in [-0.2, -0.15) is 0 Å². The highest BCUT2D eigenvalue weighted by Gasteiger charge is 2.09. The van der Waals surface area contributed by atoms with E-state index in [2.05, 4.69) is 9.97 Å². The lowest BCUT2D eigenvalue weighted by Crippen LogP contribution is -2.23. The van der Waals surface area contributed by atoms with Crippen LogP contribution < -0.4 is 15.1 Å². The predicted octanol–water partition coefficient (Wildman–Crippen LogP) is 2.47. The van der Waals surface area contributed by atoms with Crippen LogP contribution in [-0.4, -0.2) is 45.6 Å². The third-order valence-corrected chi connectivity index (χ3v) is 4.46. The Morgan fingerprint density at radius 1 is 0.857 bits per heavy atom. The molecule has 0 fully saturated rings. The molecule has 0 N–H and O–H groups in total. The van der Waals surface area contributed by atoms with Gasteiger partial charge in [-0.1, -0.05) is 0 Å². The van der Waals surface area contributed by atoms with Crippen LogP contribution in [0.25, 0.3) is 0 Å². The lowest BCUT2D eigenvalue weighted by atomic mass is 10.4. The largest absolute Gasteiger partial charge is 0.378 e. The van der Waals surface area contributed by atoms with Gasteiger partial charge in [0.2, 0.25) is 0 Å². The molecule has 2 aromatic heterocycles. The summed E-state index contributed by atoms with van der Waals surface area (Å²) in [5.41, 5.74) is 2.26. The fourth-order valence-electron chi connectivity index (χ4n) is 1.44. The maximum absolute atomic E-state index is 5.77. The lowest BCUT2D eigenvalue weighted by Gasteiger charge is -2.12. The van der Waals surface area contributed by atoms with Gasteiger partial charge in [-0.25, -0.2) is 0 Å². The Bertz CT molecular complexity index is 512. The lowest BCUT2D eigenvalue weighted by molar-refractivity contribution is 1.12. The zero-order valence-electron chi connectivity index (χ0n) is 12.6. The molecule has 7 heteroatoms. The van der Waals surface area contributed by atoms with E-state index in [1.54, 1.807) is 18.6 Å². The minimum absolute atomic E-state index is 0.787. The number of nitrogens with zero attached hydrogens (tertiary/aromatic N) is 4. The van der Waals surface area contributed by atoms with Crippen LogP contribution in [0.15, 0.2) is 42.9 Å². The molecule has 2 aromatic rings. The van der Waals surface area contributed by atoms with E-state index in [1.807, 2.05) is 62.3 Å². The molecule has 0 aliphatic rings. The molecule has 21 heavy (non-hydrogen) atoms. The summed E-state index contributed by atoms with van der Waals surface area (Å²) in [4.78, 5) is 12.0. The molecule has 113 valence electrons. The van der Waals surface area contributed by atoms with Gasteiger partial charge in [0.05, 0.1) is 5.32 Å². The van der Waals surface area contributed by atoms with E-state index in [9.17, 15) is 0 Å². The third-order valence-electron chi connectivity index (χ3n) is 2.63. The minimum Gasteiger partial charge on any atom is -0.378 e. The molecule has 0 atom stereocenters. The maximum Gasteiger partial charge on any atom is 0.326 e. The van der Waals surface area contributed by atoms with E-state index < -0.39 is 7.42 Å². The smallest absolute Gasteiger partial charge is 0.326 e. The summed E-state index contributed by atoms with van der Waals surface area (Å²) in [6, 6.07) is 7.77. The second kappa shape index (κ2) is 8.87. The zero-order valence-corrected chi connectivity index (χ0v) is 15.1. The van der Waals surface area contributed by atoms with Crippen LogP contribution >= 0.6 is 22.2 Å². The average Bonchev–Trinajstić information content (AvgIpc) is 2.49. The number of anilines is 2. The summed E-state index contributed by atoms with van der Waals surface area (Å²) in [6.07, 6.45) is 5.30. The Morgan fingerprint density at radius 3 is 1.81 bits per heavy atom. The van der Waals surface area contributed by atoms with Crippen molar-refractivity contribution in [3.63, 3.8) is 0 Å². The Hall–Kier alpha value is -1.30. The number of pyridine rings is 2. The van der Waals surface area contributed by atoms with Gasteiger partial charge < -0.3 is 9.80 Å². The Morgan fingerprint density at radius 2 is 1.38 bits per heavy atom. The summed E-state index contributed by atoms with van der Waals surface area (Å²) >= 11 is 11.5. The monoisotopic (exact) mass is 341 g/mol. The van der Waals surface area contributed by atoms with Gasteiger partial charge in [-0.15, -0.1) is 22.2 Å². The highest BCUT2D eigenvalue weighted by atomic mass is 35.7. The molecule has 0 unspecified atom stereocenters. The zero-order chi connectivity index (χ0) is 15.8. The van der Waals surface area contributed by atoms with E-state index in [0.29, 0.717) is 0 Å². The van der Waals surface area contributed by atoms with Crippen molar-refractivity contribution < 1.29 is 0 Å². The van der Waals surface area contributed by atoms with Gasteiger partial charge in [-0.3, -0.25) is 9.97 Å². The first-order chi connectivity index (χ1) is 9.91. The molecule has 0 aliphatic carbocycles. The first-order valence-corrected chi connectivity index (χ1v) is 9.83. The maximum atomic E-state index is 5.77. The van der Waals surface area contributed by atoms with Crippen LogP contribution in [0.4, 0.5) is 11.4 Å². The van der Waals surface area contributed by atoms with Crippen LogP contribution in [0.2, 0.25) is 0 Å². The van der Waals surface area contributed by atoms with Crippen molar-refractivity contribution in [2.24, 2.45) is 0 Å². The molecule has 2 heterocycles. The number of rotatable bonds is 3. The van der Waals surface area contributed by atoms with Gasteiger partial charge in [0.15, 0.2) is 0 Å². The SMILES string of the molecule is CN(C)c1ccnc([Si](Cl)Cl)c1.CN(C)c1ccncc1. The fourth-order valence-corrected chi connectivity index (χ4v) is 2.49. The van der Waals surface area contributed by atoms with Crippen molar-refractivity contribution >= 4 is 46.3 Å². The number of halogens is 2. The second-order valence-corrected chi connectivity index (χ2v) is 8.54. The molecule has 0 aromatic carbocycles. The fraction of sp³-hybridized carbons (Fsp3) is 0.286. The first-order valence-electron chi connectivity index (χ1n) is 6.31. The summed E-state index contributed by atoms with van der Waals surface area (Å²) in [5.74, 6) is 0. The Labute approximate surface area is 137 Å². The van der Waals surface area contributed by atoms with Gasteiger partial charge in [0.1, 0.15) is 0 Å². The molecular formula is C14H19Cl2N4Si. The molecule has 0 saturated heterocycles. The van der Waals surface area contributed by atoms with Gasteiger partial charge >= 0.3 is 7.42 Å². The summed E-state index contributed by atoms with van der Waals surface area (Å²) < 4.78 is 0. The van der Waals surface area contributed by atoms with Crippen LogP contribution in [0, 0.1) is 0 Å². The van der Waals surface area contributed by atoms with E-state index in [-0.39, 0.29) is 0 Å². The molecular weight excluding hydrogens is 323 g/mol. The number of hydrogen-bond donors (Lipinski definition) is 0. The molecule has 4 nitrogen and oxygen atoms in total. The van der Waals surface area contributed by atoms with Gasteiger partial charge in [0, 0.05) is 58.2 Å². The molecule has 0 amide bonds. The molecule has 2 rings (SSSR count). The van der Waals surface area contributed by atoms with Crippen LogP contribution in [0.3, 0.4) is 0 Å². The summed E-state index contributed by atoms with van der Waals surface area (Å²) in [7, 11) is 6.49. The van der Waals surface area contributed by atoms with Crippen molar-refractivity contribution in [2.45, 2.75) is 0 Å². The third kappa shape index (κ3) is 6.33. The second-order valence-electron chi connectivity index (χ2n) is 4.65. The van der Waals surface area contributed by atoms with Crippen molar-refractivity contribution in [2.75, 3.05) is 38.0 Å². The van der Waals surface area contributed by atoms with Crippen LogP contribution in [0.5, 0.6) is 0 Å². The quantitative estimate of drug-likeness (QED) is 0.634. The van der Waals surface area contributed by atoms with Crippen LogP contribution in [-0.2, 0) is 0 Å². The van der Waals surface area contributed by atoms with Crippen molar-refractivity contribution in [3.05, 3.63) is 42.9 Å². The van der Waals surface area contributed by atoms with Crippen LogP contribution in [0.1, 0.15) is 0 Å². The van der Waals surface area contributed by atoms with E-state index >= 15 is 0 Å². The van der Waals surface area contributed by atoms with E-state index in [1.165, 1.54) is 5.69 Å². The molecule has 0 saturated carbocycles. The number of aromatic nitrogens is 2. The van der Waals surface area contributed by atoms with Crippen molar-refractivity contribution in [1.82, 2.24) is 9.97 Å². The topological polar surface area (TPSA) is 32.3 Å². The van der Waals surface area contributed by atoms with E-state index in [0.717, 1.165) is 11.0 Å². The summed E-state index contributed by atoms with van der Waals surface area (Å²) in [6.45, 7) is 0. The molecule has 0 bridgehead atoms. The molecule has 0 aliphatic heterocycles. The standard InChI is InChI=1S/C7H9Cl2N2Si.C7H10N2/c1-11(2)6-3-4-10-7(5-6)12(8)9;1-9(2)7-3-5-8-6-4-7/h3-5H,1-2H3;3-6H,1-2H3. The number of hydrogen-bond acceptors (Lipinski definition) is 4. The summed E-state index contributed by atoms with van der Waals surface area (Å²) in [5, 5.41) is 0.787. The normalized spacial score (nSPS) is 9.86. The first kappa shape index (κ1) is 17.7. The Balaban J connectivity index is 0.000000219. The van der Waals surface area contributed by atoms with Gasteiger partial charge in [-0.05, 0) is 24.3 Å². The van der Waals surface area contributed by atoms with Crippen molar-refractivity contribution in [3.8, 4) is 0 Å². The Kier molecular flexibility index (Phi) is 7.49. The predicted molar refractivity (Wildman–Crippen MR) is 94.2 cm³/mol. The highest BCUT2D eigenvalue weighted by molar-refractivity contribution is 7.39. The molecule has 0 spiro atoms. The molecule has 1 radical (unpaired) electrons. The average molecular weight is 342 g/mol. The van der Waals surface area contributed by atoms with Crippen molar-refractivity contribution in [1.29, 1.82) is 0 Å². The van der Waals surface area contributed by atoms with E-state index in [4.69, 9.17) is 22.2 Å². The highest BCUT2D eigenvalue weighted by Crippen LogP contribution is 2.08. The minimum atomic E-state index is -1.46. The van der Waals surface area contributed by atoms with Gasteiger partial charge in [0.25, 0.3) is 0 Å².